The van der Waals surface area contributed by atoms with Gasteiger partial charge in [0.25, 0.3) is 0 Å². The minimum Gasteiger partial charge on any atom is -0.369 e. The van der Waals surface area contributed by atoms with Crippen LogP contribution in [0.25, 0.3) is 10.9 Å². The highest BCUT2D eigenvalue weighted by Gasteiger charge is 2.05. The number of nitrogens with zero attached hydrogens (tertiary/aromatic N) is 3. The van der Waals surface area contributed by atoms with Gasteiger partial charge >= 0.3 is 0 Å². The number of carbonyl (C=O) groups excluding carboxylic acids is 1. The highest BCUT2D eigenvalue weighted by molar-refractivity contribution is 5.81. The van der Waals surface area contributed by atoms with Crippen LogP contribution >= 0.6 is 0 Å². The third kappa shape index (κ3) is 4.43. The van der Waals surface area contributed by atoms with Crippen LogP contribution in [-0.2, 0) is 11.3 Å². The van der Waals surface area contributed by atoms with Gasteiger partial charge in [0.1, 0.15) is 5.82 Å². The van der Waals surface area contributed by atoms with E-state index in [1.54, 1.807) is 11.8 Å². The van der Waals surface area contributed by atoms with E-state index in [4.69, 9.17) is 0 Å². The lowest BCUT2D eigenvalue weighted by Gasteiger charge is -2.15. The molecule has 0 bridgehead atoms. The predicted octanol–water partition coefficient (Wildman–Crippen LogP) is 2.19. The van der Waals surface area contributed by atoms with Crippen molar-refractivity contribution in [3.05, 3.63) is 35.9 Å². The fourth-order valence-corrected chi connectivity index (χ4v) is 2.16. The number of hydrogen-bond acceptors (Lipinski definition) is 4. The molecule has 1 aromatic heterocycles. The van der Waals surface area contributed by atoms with Crippen molar-refractivity contribution in [3.8, 4) is 0 Å². The van der Waals surface area contributed by atoms with Gasteiger partial charge in [-0.25, -0.2) is 4.98 Å². The molecule has 1 heterocycles. The molecule has 2 rings (SSSR count). The van der Waals surface area contributed by atoms with E-state index in [9.17, 15) is 4.79 Å². The summed E-state index contributed by atoms with van der Waals surface area (Å²) in [6.45, 7) is 4.03. The zero-order valence-corrected chi connectivity index (χ0v) is 13.8. The second-order valence-corrected chi connectivity index (χ2v) is 5.83. The quantitative estimate of drug-likeness (QED) is 0.888. The third-order valence-electron chi connectivity index (χ3n) is 3.58. The number of likely N-dealkylation sites (N-methyl/N-ethyl adjacent to an activating group) is 1. The molecule has 0 radical (unpaired) electrons. The van der Waals surface area contributed by atoms with Gasteiger partial charge in [-0.15, -0.1) is 0 Å². The summed E-state index contributed by atoms with van der Waals surface area (Å²) in [4.78, 5) is 19.8. The lowest BCUT2D eigenvalue weighted by Crippen LogP contribution is -2.22. The molecule has 1 amide bonds. The van der Waals surface area contributed by atoms with Crippen molar-refractivity contribution < 1.29 is 4.79 Å². The average molecular weight is 300 g/mol. The summed E-state index contributed by atoms with van der Waals surface area (Å²) >= 11 is 0. The van der Waals surface area contributed by atoms with Crippen molar-refractivity contribution in [2.24, 2.45) is 0 Å². The normalized spacial score (nSPS) is 11.0. The smallest absolute Gasteiger partial charge is 0.219 e. The zero-order valence-electron chi connectivity index (χ0n) is 13.8. The van der Waals surface area contributed by atoms with Crippen LogP contribution in [0.5, 0.6) is 0 Å². The Morgan fingerprint density at radius 2 is 1.95 bits per heavy atom. The molecule has 2 aromatic rings. The molecule has 0 aliphatic heterocycles. The minimum atomic E-state index is 0.0682. The minimum absolute atomic E-state index is 0.0682. The second-order valence-electron chi connectivity index (χ2n) is 5.83. The Kier molecular flexibility index (Phi) is 5.33. The molecule has 0 unspecified atom stereocenters. The molecule has 0 saturated heterocycles. The number of rotatable bonds is 6. The molecule has 0 atom stereocenters. The number of amides is 1. The van der Waals surface area contributed by atoms with Crippen molar-refractivity contribution >= 4 is 22.6 Å². The second kappa shape index (κ2) is 7.22. The van der Waals surface area contributed by atoms with Gasteiger partial charge < -0.3 is 15.1 Å². The number of hydrogen-bond donors (Lipinski definition) is 1. The van der Waals surface area contributed by atoms with Crippen molar-refractivity contribution in [1.29, 1.82) is 0 Å². The first-order valence-corrected chi connectivity index (χ1v) is 7.45. The molecular formula is C17H24N4O. The Morgan fingerprint density at radius 3 is 2.64 bits per heavy atom. The largest absolute Gasteiger partial charge is 0.369 e. The summed E-state index contributed by atoms with van der Waals surface area (Å²) in [7, 11) is 5.91. The summed E-state index contributed by atoms with van der Waals surface area (Å²) in [6, 6.07) is 10.2. The van der Waals surface area contributed by atoms with E-state index in [-0.39, 0.29) is 5.91 Å². The maximum absolute atomic E-state index is 11.3. The van der Waals surface area contributed by atoms with Crippen molar-refractivity contribution in [3.63, 3.8) is 0 Å². The van der Waals surface area contributed by atoms with Gasteiger partial charge in [-0.2, -0.15) is 0 Å². The van der Waals surface area contributed by atoms with Gasteiger partial charge in [0.2, 0.25) is 5.91 Å². The van der Waals surface area contributed by atoms with Crippen molar-refractivity contribution in [2.75, 3.05) is 39.5 Å². The first-order valence-electron chi connectivity index (χ1n) is 7.45. The van der Waals surface area contributed by atoms with E-state index < -0.39 is 0 Å². The highest BCUT2D eigenvalue weighted by Crippen LogP contribution is 2.18. The lowest BCUT2D eigenvalue weighted by atomic mass is 10.1. The summed E-state index contributed by atoms with van der Waals surface area (Å²) in [6.07, 6.45) is 0. The van der Waals surface area contributed by atoms with E-state index in [1.807, 2.05) is 25.2 Å². The number of pyridine rings is 1. The Balaban J connectivity index is 2.09. The van der Waals surface area contributed by atoms with E-state index >= 15 is 0 Å². The highest BCUT2D eigenvalue weighted by atomic mass is 16.2. The molecule has 0 fully saturated rings. The molecule has 5 heteroatoms. The maximum atomic E-state index is 11.3. The molecule has 0 aliphatic rings. The first kappa shape index (κ1) is 16.2. The number of carbonyl (C=O) groups is 1. The molecule has 5 nitrogen and oxygen atoms in total. The molecule has 0 spiro atoms. The summed E-state index contributed by atoms with van der Waals surface area (Å²) in [5.74, 6) is 0.960. The molecule has 0 saturated carbocycles. The number of benzene rings is 1. The molecule has 118 valence electrons. The van der Waals surface area contributed by atoms with E-state index in [0.29, 0.717) is 6.54 Å². The van der Waals surface area contributed by atoms with Crippen LogP contribution in [0, 0.1) is 0 Å². The Morgan fingerprint density at radius 1 is 1.18 bits per heavy atom. The molecule has 22 heavy (non-hydrogen) atoms. The Hall–Kier alpha value is -2.14. The Labute approximate surface area is 131 Å². The number of anilines is 1. The SMILES string of the molecule is CC(=O)N(C)Cc1ccc2nc(NCCN(C)C)ccc2c1. The lowest BCUT2D eigenvalue weighted by molar-refractivity contribution is -0.128. The standard InChI is InChI=1S/C17H24N4O/c1-13(22)21(4)12-14-5-7-16-15(11-14)6-8-17(19-16)18-9-10-20(2)3/h5-8,11H,9-10,12H2,1-4H3,(H,18,19). The van der Waals surface area contributed by atoms with E-state index in [0.717, 1.165) is 35.4 Å². The predicted molar refractivity (Wildman–Crippen MR) is 90.9 cm³/mol. The molecular weight excluding hydrogens is 276 g/mol. The van der Waals surface area contributed by atoms with Crippen LogP contribution in [0.1, 0.15) is 12.5 Å². The van der Waals surface area contributed by atoms with Crippen LogP contribution < -0.4 is 5.32 Å². The van der Waals surface area contributed by atoms with E-state index in [1.165, 1.54) is 0 Å². The van der Waals surface area contributed by atoms with Crippen molar-refractivity contribution in [1.82, 2.24) is 14.8 Å². The summed E-state index contributed by atoms with van der Waals surface area (Å²) in [5, 5.41) is 4.41. The van der Waals surface area contributed by atoms with Crippen LogP contribution in [-0.4, -0.2) is 54.9 Å². The maximum Gasteiger partial charge on any atom is 0.219 e. The van der Waals surface area contributed by atoms with Gasteiger partial charge in [-0.05, 0) is 43.9 Å². The topological polar surface area (TPSA) is 48.5 Å². The number of nitrogens with one attached hydrogen (secondary N) is 1. The molecule has 1 aromatic carbocycles. The van der Waals surface area contributed by atoms with Crippen LogP contribution in [0.3, 0.4) is 0 Å². The zero-order chi connectivity index (χ0) is 16.1. The summed E-state index contributed by atoms with van der Waals surface area (Å²) in [5.41, 5.74) is 2.07. The van der Waals surface area contributed by atoms with Gasteiger partial charge in [-0.3, -0.25) is 4.79 Å². The van der Waals surface area contributed by atoms with Gasteiger partial charge in [-0.1, -0.05) is 6.07 Å². The van der Waals surface area contributed by atoms with Crippen LogP contribution in [0.2, 0.25) is 0 Å². The molecule has 0 aliphatic carbocycles. The van der Waals surface area contributed by atoms with Gasteiger partial charge in [0, 0.05) is 39.0 Å². The third-order valence-corrected chi connectivity index (χ3v) is 3.58. The fraction of sp³-hybridized carbons (Fsp3) is 0.412. The average Bonchev–Trinajstić information content (AvgIpc) is 2.46. The van der Waals surface area contributed by atoms with Crippen molar-refractivity contribution in [2.45, 2.75) is 13.5 Å². The first-order chi connectivity index (χ1) is 10.5. The van der Waals surface area contributed by atoms with Gasteiger partial charge in [0.05, 0.1) is 5.52 Å². The Bertz CT molecular complexity index is 654. The monoisotopic (exact) mass is 300 g/mol. The number of aromatic nitrogens is 1. The van der Waals surface area contributed by atoms with E-state index in [2.05, 4.69) is 41.4 Å². The van der Waals surface area contributed by atoms with Crippen LogP contribution in [0.15, 0.2) is 30.3 Å². The van der Waals surface area contributed by atoms with Gasteiger partial charge in [0.15, 0.2) is 0 Å². The molecule has 1 N–H and O–H groups in total. The van der Waals surface area contributed by atoms with Crippen LogP contribution in [0.4, 0.5) is 5.82 Å². The fourth-order valence-electron chi connectivity index (χ4n) is 2.16. The summed E-state index contributed by atoms with van der Waals surface area (Å²) < 4.78 is 0. The number of fused-ring (bicyclic) bond motifs is 1.